The summed E-state index contributed by atoms with van der Waals surface area (Å²) in [7, 11) is 0. The zero-order chi connectivity index (χ0) is 23.4. The fraction of sp³-hybridized carbons (Fsp3) is 0.400. The molecule has 0 radical (unpaired) electrons. The van der Waals surface area contributed by atoms with Crippen LogP contribution in [0, 0.1) is 30.3 Å². The van der Waals surface area contributed by atoms with Gasteiger partial charge in [0.25, 0.3) is 0 Å². The Labute approximate surface area is 195 Å². The minimum atomic E-state index is -0.693. The van der Waals surface area contributed by atoms with Gasteiger partial charge in [-0.1, -0.05) is 68.3 Å². The van der Waals surface area contributed by atoms with Gasteiger partial charge in [-0.05, 0) is 91.2 Å². The van der Waals surface area contributed by atoms with Crippen LogP contribution < -0.4 is 0 Å². The lowest BCUT2D eigenvalue weighted by molar-refractivity contribution is 0.302. The minimum absolute atomic E-state index is 0.136. The van der Waals surface area contributed by atoms with E-state index in [0.717, 1.165) is 48.3 Å². The molecule has 0 N–H and O–H groups in total. The Bertz CT molecular complexity index is 1080. The first-order valence-electron chi connectivity index (χ1n) is 12.3. The number of aryl methyl sites for hydroxylation is 3. The van der Waals surface area contributed by atoms with E-state index < -0.39 is 11.6 Å². The van der Waals surface area contributed by atoms with Gasteiger partial charge in [0, 0.05) is 5.56 Å². The summed E-state index contributed by atoms with van der Waals surface area (Å²) in [4.78, 5) is 0. The second-order valence-electron chi connectivity index (χ2n) is 9.63. The molecule has 0 heterocycles. The zero-order valence-electron chi connectivity index (χ0n) is 19.6. The highest BCUT2D eigenvalue weighted by Crippen LogP contribution is 2.39. The fourth-order valence-electron chi connectivity index (χ4n) is 5.27. The third kappa shape index (κ3) is 5.51. The zero-order valence-corrected chi connectivity index (χ0v) is 19.6. The summed E-state index contributed by atoms with van der Waals surface area (Å²) < 4.78 is 44.0. The average Bonchev–Trinajstić information content (AvgIpc) is 2.81. The van der Waals surface area contributed by atoms with Crippen molar-refractivity contribution in [2.75, 3.05) is 0 Å². The van der Waals surface area contributed by atoms with Gasteiger partial charge in [0.1, 0.15) is 5.82 Å². The van der Waals surface area contributed by atoms with Gasteiger partial charge in [-0.2, -0.15) is 0 Å². The first kappa shape index (κ1) is 23.6. The molecule has 1 fully saturated rings. The van der Waals surface area contributed by atoms with Gasteiger partial charge in [-0.15, -0.1) is 0 Å². The van der Waals surface area contributed by atoms with E-state index in [2.05, 4.69) is 6.92 Å². The van der Waals surface area contributed by atoms with Crippen molar-refractivity contribution in [2.45, 2.75) is 71.1 Å². The first-order valence-corrected chi connectivity index (χ1v) is 12.3. The molecule has 33 heavy (non-hydrogen) atoms. The normalized spacial score (nSPS) is 18.5. The van der Waals surface area contributed by atoms with Crippen LogP contribution in [0.1, 0.15) is 73.6 Å². The quantitative estimate of drug-likeness (QED) is 0.337. The Morgan fingerprint density at radius 3 is 2.18 bits per heavy atom. The maximum absolute atomic E-state index is 14.9. The lowest BCUT2D eigenvalue weighted by atomic mass is 9.77. The molecule has 0 aromatic heterocycles. The molecule has 1 aliphatic rings. The van der Waals surface area contributed by atoms with Crippen LogP contribution >= 0.6 is 0 Å². The summed E-state index contributed by atoms with van der Waals surface area (Å²) >= 11 is 0. The molecule has 1 aliphatic carbocycles. The van der Waals surface area contributed by atoms with Gasteiger partial charge in [0.15, 0.2) is 11.6 Å². The van der Waals surface area contributed by atoms with E-state index in [4.69, 9.17) is 0 Å². The smallest absolute Gasteiger partial charge is 0.162 e. The highest BCUT2D eigenvalue weighted by molar-refractivity contribution is 5.64. The molecule has 3 aromatic carbocycles. The lowest BCUT2D eigenvalue weighted by Gasteiger charge is -2.29. The molecule has 0 atom stereocenters. The largest absolute Gasteiger partial charge is 0.206 e. The molecule has 0 nitrogen and oxygen atoms in total. The Kier molecular flexibility index (Phi) is 7.57. The van der Waals surface area contributed by atoms with Crippen LogP contribution in [0.15, 0.2) is 54.6 Å². The van der Waals surface area contributed by atoms with E-state index in [-0.39, 0.29) is 11.7 Å². The third-order valence-corrected chi connectivity index (χ3v) is 7.25. The van der Waals surface area contributed by atoms with Crippen molar-refractivity contribution < 1.29 is 13.2 Å². The van der Waals surface area contributed by atoms with Crippen molar-refractivity contribution in [2.24, 2.45) is 5.92 Å². The van der Waals surface area contributed by atoms with E-state index in [9.17, 15) is 13.2 Å². The van der Waals surface area contributed by atoms with Crippen LogP contribution in [0.3, 0.4) is 0 Å². The molecule has 4 rings (SSSR count). The van der Waals surface area contributed by atoms with Gasteiger partial charge in [0.2, 0.25) is 0 Å². The molecule has 0 aliphatic heterocycles. The summed E-state index contributed by atoms with van der Waals surface area (Å²) in [5.41, 5.74) is 4.26. The molecule has 174 valence electrons. The summed E-state index contributed by atoms with van der Waals surface area (Å²) in [6, 6.07) is 16.4. The second-order valence-corrected chi connectivity index (χ2v) is 9.63. The third-order valence-electron chi connectivity index (χ3n) is 7.25. The number of benzene rings is 3. The van der Waals surface area contributed by atoms with E-state index in [1.54, 1.807) is 12.1 Å². The van der Waals surface area contributed by atoms with Crippen molar-refractivity contribution in [1.82, 2.24) is 0 Å². The van der Waals surface area contributed by atoms with Crippen molar-refractivity contribution >= 4 is 0 Å². The highest BCUT2D eigenvalue weighted by Gasteiger charge is 2.26. The molecule has 0 amide bonds. The fourth-order valence-corrected chi connectivity index (χ4v) is 5.27. The first-order chi connectivity index (χ1) is 16.0. The van der Waals surface area contributed by atoms with Gasteiger partial charge in [-0.25, -0.2) is 13.2 Å². The van der Waals surface area contributed by atoms with Crippen LogP contribution in [-0.4, -0.2) is 0 Å². The number of hydrogen-bond acceptors (Lipinski definition) is 0. The Balaban J connectivity index is 1.40. The second kappa shape index (κ2) is 10.6. The van der Waals surface area contributed by atoms with E-state index in [1.165, 1.54) is 18.9 Å². The van der Waals surface area contributed by atoms with Crippen LogP contribution in [0.2, 0.25) is 0 Å². The Hall–Kier alpha value is -2.55. The Morgan fingerprint density at radius 1 is 0.788 bits per heavy atom. The molecule has 3 aromatic rings. The van der Waals surface area contributed by atoms with Crippen LogP contribution in [0.5, 0.6) is 0 Å². The standard InChI is InChI=1S/C30H33F3/c1-3-4-21-6-13-24(14-7-21)27-18-16-25(29(32)30(27)33)15-10-22-8-11-23(12-9-22)26-17-5-20(2)19-28(26)31/h5,8-9,11-12,16-19,21,24H,3-4,6-7,10,13-15H2,1-2H3. The topological polar surface area (TPSA) is 0 Å². The monoisotopic (exact) mass is 450 g/mol. The van der Waals surface area contributed by atoms with Crippen LogP contribution in [-0.2, 0) is 12.8 Å². The number of rotatable bonds is 7. The molecule has 3 heteroatoms. The van der Waals surface area contributed by atoms with Crippen molar-refractivity contribution in [3.8, 4) is 11.1 Å². The number of hydrogen-bond donors (Lipinski definition) is 0. The minimum Gasteiger partial charge on any atom is -0.206 e. The summed E-state index contributed by atoms with van der Waals surface area (Å²) in [6.07, 6.45) is 7.61. The summed E-state index contributed by atoms with van der Waals surface area (Å²) in [5.74, 6) is -0.707. The molecule has 0 bridgehead atoms. The maximum atomic E-state index is 14.9. The predicted molar refractivity (Wildman–Crippen MR) is 130 cm³/mol. The number of halogens is 3. The molecule has 1 saturated carbocycles. The highest BCUT2D eigenvalue weighted by atomic mass is 19.2. The van der Waals surface area contributed by atoms with Crippen LogP contribution in [0.4, 0.5) is 13.2 Å². The van der Waals surface area contributed by atoms with E-state index >= 15 is 0 Å². The van der Waals surface area contributed by atoms with Crippen LogP contribution in [0.25, 0.3) is 11.1 Å². The summed E-state index contributed by atoms with van der Waals surface area (Å²) in [6.45, 7) is 4.07. The molecule has 0 spiro atoms. The molecule has 0 saturated heterocycles. The van der Waals surface area contributed by atoms with Crippen molar-refractivity contribution in [3.05, 3.63) is 94.3 Å². The van der Waals surface area contributed by atoms with E-state index in [0.29, 0.717) is 29.5 Å². The van der Waals surface area contributed by atoms with Crippen molar-refractivity contribution in [3.63, 3.8) is 0 Å². The van der Waals surface area contributed by atoms with Gasteiger partial charge in [-0.3, -0.25) is 0 Å². The lowest BCUT2D eigenvalue weighted by Crippen LogP contribution is -2.15. The molecular formula is C30H33F3. The van der Waals surface area contributed by atoms with Gasteiger partial charge in [0.05, 0.1) is 0 Å². The van der Waals surface area contributed by atoms with Crippen molar-refractivity contribution in [1.29, 1.82) is 0 Å². The average molecular weight is 451 g/mol. The molecular weight excluding hydrogens is 417 g/mol. The maximum Gasteiger partial charge on any atom is 0.162 e. The van der Waals surface area contributed by atoms with Gasteiger partial charge < -0.3 is 0 Å². The van der Waals surface area contributed by atoms with E-state index in [1.807, 2.05) is 43.3 Å². The SMILES string of the molecule is CCCC1CCC(c2ccc(CCc3ccc(-c4ccc(C)cc4F)cc3)c(F)c2F)CC1. The summed E-state index contributed by atoms with van der Waals surface area (Å²) in [5, 5.41) is 0. The predicted octanol–water partition coefficient (Wildman–Crippen LogP) is 8.94. The molecule has 0 unspecified atom stereocenters. The van der Waals surface area contributed by atoms with Gasteiger partial charge >= 0.3 is 0 Å². The Morgan fingerprint density at radius 2 is 1.52 bits per heavy atom.